The van der Waals surface area contributed by atoms with Crippen molar-refractivity contribution < 1.29 is 14.3 Å². The van der Waals surface area contributed by atoms with Crippen molar-refractivity contribution in [2.75, 3.05) is 60.1 Å². The molecule has 0 unspecified atom stereocenters. The lowest BCUT2D eigenvalue weighted by molar-refractivity contribution is 0.122. The summed E-state index contributed by atoms with van der Waals surface area (Å²) in [5.74, 6) is -0.0263. The normalized spacial score (nSPS) is 17.4. The van der Waals surface area contributed by atoms with E-state index in [1.807, 2.05) is 23.1 Å². The van der Waals surface area contributed by atoms with Crippen LogP contribution in [0.15, 0.2) is 29.5 Å². The molecule has 2 fully saturated rings. The van der Waals surface area contributed by atoms with Gasteiger partial charge < -0.3 is 14.5 Å². The number of rotatable bonds is 6. The van der Waals surface area contributed by atoms with E-state index in [0.717, 1.165) is 43.4 Å². The number of anilines is 4. The summed E-state index contributed by atoms with van der Waals surface area (Å²) in [6.45, 7) is 4.21. The van der Waals surface area contributed by atoms with Crippen molar-refractivity contribution >= 4 is 29.4 Å². The number of ether oxygens (including phenoxy) is 1. The van der Waals surface area contributed by atoms with Crippen LogP contribution >= 0.6 is 0 Å². The standard InChI is InChI=1S/C20H26FN7O2/c21-16-14-22-20(24-19(16)28-8-10-30-11-9-28)25-23-13-15-4-5-18(17(12-15)26-29)27-6-2-1-3-7-27/h4-5,12-14,26,29H,1-3,6-11H2,(H,22,24,25)/b23-13-. The van der Waals surface area contributed by atoms with E-state index < -0.39 is 5.82 Å². The van der Waals surface area contributed by atoms with Crippen molar-refractivity contribution in [2.45, 2.75) is 19.3 Å². The molecular weight excluding hydrogens is 389 g/mol. The lowest BCUT2D eigenvalue weighted by Crippen LogP contribution is -2.37. The van der Waals surface area contributed by atoms with Crippen LogP contribution in [0.5, 0.6) is 0 Å². The molecule has 3 N–H and O–H groups in total. The quantitative estimate of drug-likeness (QED) is 0.489. The van der Waals surface area contributed by atoms with E-state index in [1.54, 1.807) is 6.21 Å². The van der Waals surface area contributed by atoms with Crippen molar-refractivity contribution in [3.8, 4) is 0 Å². The molecule has 4 rings (SSSR count). The van der Waals surface area contributed by atoms with Crippen molar-refractivity contribution in [3.05, 3.63) is 35.8 Å². The van der Waals surface area contributed by atoms with E-state index in [2.05, 4.69) is 30.9 Å². The number of hydrogen-bond acceptors (Lipinski definition) is 9. The fourth-order valence-electron chi connectivity index (χ4n) is 3.71. The summed E-state index contributed by atoms with van der Waals surface area (Å²) in [4.78, 5) is 12.3. The largest absolute Gasteiger partial charge is 0.378 e. The molecule has 2 aromatic rings. The minimum Gasteiger partial charge on any atom is -0.378 e. The molecule has 3 heterocycles. The number of hydrazone groups is 1. The summed E-state index contributed by atoms with van der Waals surface area (Å²) < 4.78 is 19.4. The van der Waals surface area contributed by atoms with Gasteiger partial charge in [-0.25, -0.2) is 14.8 Å². The van der Waals surface area contributed by atoms with Crippen LogP contribution in [-0.2, 0) is 4.74 Å². The SMILES string of the molecule is ONc1cc(/C=N\Nc2ncc(F)c(N3CCOCC3)n2)ccc1N1CCCCC1. The van der Waals surface area contributed by atoms with E-state index in [1.165, 1.54) is 6.42 Å². The first-order chi connectivity index (χ1) is 14.7. The van der Waals surface area contributed by atoms with Gasteiger partial charge in [0.2, 0.25) is 5.95 Å². The zero-order valence-corrected chi connectivity index (χ0v) is 16.7. The van der Waals surface area contributed by atoms with Gasteiger partial charge in [-0.1, -0.05) is 6.07 Å². The zero-order chi connectivity index (χ0) is 20.8. The molecule has 0 atom stereocenters. The summed E-state index contributed by atoms with van der Waals surface area (Å²) in [5, 5.41) is 13.7. The third-order valence-corrected chi connectivity index (χ3v) is 5.25. The molecule has 0 aliphatic carbocycles. The van der Waals surface area contributed by atoms with E-state index in [9.17, 15) is 9.60 Å². The summed E-state index contributed by atoms with van der Waals surface area (Å²) in [6.07, 6.45) is 6.29. The Kier molecular flexibility index (Phi) is 6.55. The average molecular weight is 415 g/mol. The fourth-order valence-corrected chi connectivity index (χ4v) is 3.71. The van der Waals surface area contributed by atoms with Crippen LogP contribution in [0.25, 0.3) is 0 Å². The van der Waals surface area contributed by atoms with Gasteiger partial charge in [0.1, 0.15) is 0 Å². The van der Waals surface area contributed by atoms with Gasteiger partial charge in [0.25, 0.3) is 0 Å². The molecule has 2 aliphatic rings. The van der Waals surface area contributed by atoms with Gasteiger partial charge in [-0.3, -0.25) is 10.7 Å². The molecule has 160 valence electrons. The number of nitrogens with zero attached hydrogens (tertiary/aromatic N) is 5. The van der Waals surface area contributed by atoms with Gasteiger partial charge in [-0.15, -0.1) is 0 Å². The van der Waals surface area contributed by atoms with E-state index in [-0.39, 0.29) is 11.8 Å². The number of halogens is 1. The first-order valence-electron chi connectivity index (χ1n) is 10.2. The maximum absolute atomic E-state index is 14.1. The highest BCUT2D eigenvalue weighted by molar-refractivity contribution is 5.85. The third-order valence-electron chi connectivity index (χ3n) is 5.25. The topological polar surface area (TPSA) is 98.1 Å². The van der Waals surface area contributed by atoms with Crippen LogP contribution in [0.4, 0.5) is 27.5 Å². The Morgan fingerprint density at radius 3 is 2.67 bits per heavy atom. The van der Waals surface area contributed by atoms with Crippen molar-refractivity contribution in [1.29, 1.82) is 0 Å². The molecule has 2 saturated heterocycles. The second-order valence-electron chi connectivity index (χ2n) is 7.27. The Balaban J connectivity index is 1.44. The van der Waals surface area contributed by atoms with Gasteiger partial charge in [-0.05, 0) is 37.0 Å². The number of aromatic nitrogens is 2. The van der Waals surface area contributed by atoms with Crippen molar-refractivity contribution in [1.82, 2.24) is 9.97 Å². The Hall–Kier alpha value is -2.98. The second-order valence-corrected chi connectivity index (χ2v) is 7.27. The predicted molar refractivity (Wildman–Crippen MR) is 114 cm³/mol. The Morgan fingerprint density at radius 2 is 1.90 bits per heavy atom. The summed E-state index contributed by atoms with van der Waals surface area (Å²) in [6, 6.07) is 5.72. The number of hydrogen-bond donors (Lipinski definition) is 3. The minimum atomic E-state index is -0.474. The first-order valence-corrected chi connectivity index (χ1v) is 10.2. The molecule has 1 aromatic heterocycles. The molecule has 0 amide bonds. The van der Waals surface area contributed by atoms with Crippen LogP contribution in [0.1, 0.15) is 24.8 Å². The summed E-state index contributed by atoms with van der Waals surface area (Å²) in [5.41, 5.74) is 7.42. The van der Waals surface area contributed by atoms with Gasteiger partial charge in [0.15, 0.2) is 11.6 Å². The molecule has 9 nitrogen and oxygen atoms in total. The molecule has 0 radical (unpaired) electrons. The third kappa shape index (κ3) is 4.77. The van der Waals surface area contributed by atoms with Gasteiger partial charge >= 0.3 is 0 Å². The van der Waals surface area contributed by atoms with Crippen LogP contribution in [0.3, 0.4) is 0 Å². The highest BCUT2D eigenvalue weighted by Crippen LogP contribution is 2.29. The van der Waals surface area contributed by atoms with Crippen molar-refractivity contribution in [2.24, 2.45) is 5.10 Å². The molecule has 0 bridgehead atoms. The maximum atomic E-state index is 14.1. The molecule has 1 aromatic carbocycles. The number of nitrogens with one attached hydrogen (secondary N) is 2. The van der Waals surface area contributed by atoms with Crippen LogP contribution < -0.4 is 20.7 Å². The number of piperidine rings is 1. The Morgan fingerprint density at radius 1 is 1.10 bits per heavy atom. The van der Waals surface area contributed by atoms with E-state index in [4.69, 9.17) is 4.74 Å². The lowest BCUT2D eigenvalue weighted by atomic mass is 10.1. The number of benzene rings is 1. The number of morpholine rings is 1. The summed E-state index contributed by atoms with van der Waals surface area (Å²) in [7, 11) is 0. The molecular formula is C20H26FN7O2. The zero-order valence-electron chi connectivity index (χ0n) is 16.7. The molecule has 10 heteroatoms. The molecule has 0 spiro atoms. The maximum Gasteiger partial charge on any atom is 0.245 e. The highest BCUT2D eigenvalue weighted by Gasteiger charge is 2.18. The lowest BCUT2D eigenvalue weighted by Gasteiger charge is -2.30. The smallest absolute Gasteiger partial charge is 0.245 e. The summed E-state index contributed by atoms with van der Waals surface area (Å²) >= 11 is 0. The minimum absolute atomic E-state index is 0.208. The molecule has 2 aliphatic heterocycles. The van der Waals surface area contributed by atoms with E-state index >= 15 is 0 Å². The van der Waals surface area contributed by atoms with Crippen LogP contribution in [0.2, 0.25) is 0 Å². The monoisotopic (exact) mass is 415 g/mol. The van der Waals surface area contributed by atoms with Crippen LogP contribution in [0, 0.1) is 5.82 Å². The second kappa shape index (κ2) is 9.68. The highest BCUT2D eigenvalue weighted by atomic mass is 19.1. The predicted octanol–water partition coefficient (Wildman–Crippen LogP) is 2.69. The van der Waals surface area contributed by atoms with Crippen molar-refractivity contribution in [3.63, 3.8) is 0 Å². The average Bonchev–Trinajstić information content (AvgIpc) is 2.81. The van der Waals surface area contributed by atoms with Crippen LogP contribution in [-0.4, -0.2) is 60.8 Å². The van der Waals surface area contributed by atoms with Gasteiger partial charge in [-0.2, -0.15) is 10.1 Å². The Labute approximate surface area is 174 Å². The van der Waals surface area contributed by atoms with Gasteiger partial charge in [0, 0.05) is 26.2 Å². The Bertz CT molecular complexity index is 883. The first kappa shape index (κ1) is 20.3. The molecule has 0 saturated carbocycles. The van der Waals surface area contributed by atoms with Gasteiger partial charge in [0.05, 0.1) is 37.0 Å². The molecule has 30 heavy (non-hydrogen) atoms. The fraction of sp³-hybridized carbons (Fsp3) is 0.450. The van der Waals surface area contributed by atoms with E-state index in [0.29, 0.717) is 32.0 Å².